The maximum Gasteiger partial charge on any atom is 0.276 e. The lowest BCUT2D eigenvalue weighted by Crippen LogP contribution is -2.18. The van der Waals surface area contributed by atoms with Gasteiger partial charge in [-0.25, -0.2) is 9.37 Å². The highest BCUT2D eigenvalue weighted by Gasteiger charge is 2.19. The van der Waals surface area contributed by atoms with Crippen molar-refractivity contribution in [3.8, 4) is 28.3 Å². The second-order valence-corrected chi connectivity index (χ2v) is 8.50. The molecule has 0 unspecified atom stereocenters. The molecular formula is C28H27FN4O3. The molecule has 0 fully saturated rings. The molecule has 3 aromatic carbocycles. The number of aromatic nitrogens is 2. The highest BCUT2D eigenvalue weighted by atomic mass is 19.1. The number of hydrogen-bond donors (Lipinski definition) is 3. The summed E-state index contributed by atoms with van der Waals surface area (Å²) >= 11 is 0. The molecular weight excluding hydrogens is 459 g/mol. The zero-order chi connectivity index (χ0) is 26.0. The number of carbonyl (C=O) groups is 2. The third-order valence-electron chi connectivity index (χ3n) is 5.95. The number of H-pyrrole nitrogens is 1. The largest absolute Gasteiger partial charge is 0.496 e. The van der Waals surface area contributed by atoms with Crippen molar-refractivity contribution in [1.82, 2.24) is 15.3 Å². The van der Waals surface area contributed by atoms with Crippen molar-refractivity contribution in [3.05, 3.63) is 88.5 Å². The fourth-order valence-electron chi connectivity index (χ4n) is 4.28. The summed E-state index contributed by atoms with van der Waals surface area (Å²) in [5.74, 6) is 0.225. The van der Waals surface area contributed by atoms with Crippen molar-refractivity contribution in [2.45, 2.75) is 20.8 Å². The second kappa shape index (κ2) is 10.0. The maximum atomic E-state index is 13.9. The Morgan fingerprint density at radius 1 is 0.972 bits per heavy atom. The molecule has 36 heavy (non-hydrogen) atoms. The molecule has 0 saturated carbocycles. The van der Waals surface area contributed by atoms with Gasteiger partial charge in [0.15, 0.2) is 0 Å². The van der Waals surface area contributed by atoms with Crippen molar-refractivity contribution in [2.24, 2.45) is 0 Å². The van der Waals surface area contributed by atoms with E-state index in [4.69, 9.17) is 4.74 Å². The van der Waals surface area contributed by atoms with E-state index in [1.54, 1.807) is 45.3 Å². The lowest BCUT2D eigenvalue weighted by molar-refractivity contribution is 0.0961. The highest BCUT2D eigenvalue weighted by Crippen LogP contribution is 2.37. The van der Waals surface area contributed by atoms with Crippen molar-refractivity contribution in [1.29, 1.82) is 0 Å². The first-order valence-electron chi connectivity index (χ1n) is 11.4. The quantitative estimate of drug-likeness (QED) is 0.339. The zero-order valence-electron chi connectivity index (χ0n) is 20.7. The smallest absolute Gasteiger partial charge is 0.276 e. The maximum absolute atomic E-state index is 13.9. The summed E-state index contributed by atoms with van der Waals surface area (Å²) in [5.41, 5.74) is 5.76. The number of anilines is 1. The average Bonchev–Trinajstić information content (AvgIpc) is 3.24. The molecule has 0 bridgehead atoms. The number of nitrogens with one attached hydrogen (secondary N) is 3. The summed E-state index contributed by atoms with van der Waals surface area (Å²) in [6.45, 7) is 5.48. The number of halogens is 1. The van der Waals surface area contributed by atoms with E-state index in [9.17, 15) is 14.0 Å². The van der Waals surface area contributed by atoms with Crippen LogP contribution in [-0.4, -0.2) is 35.9 Å². The zero-order valence-corrected chi connectivity index (χ0v) is 20.7. The molecule has 4 aromatic rings. The molecule has 0 atom stereocenters. The molecule has 3 N–H and O–H groups in total. The van der Waals surface area contributed by atoms with Crippen LogP contribution in [0.15, 0.2) is 54.6 Å². The SMILES string of the molecule is CNC(=O)c1cccc(NC(=O)c2nc(-c3ccc(OC)c(-c4c(C)cc(F)cc4C)c3)[nH]c2C)c1. The molecule has 0 aliphatic heterocycles. The number of aromatic amines is 1. The minimum Gasteiger partial charge on any atom is -0.496 e. The summed E-state index contributed by atoms with van der Waals surface area (Å²) in [6.07, 6.45) is 0. The van der Waals surface area contributed by atoms with Gasteiger partial charge in [-0.05, 0) is 86.0 Å². The molecule has 7 nitrogen and oxygen atoms in total. The van der Waals surface area contributed by atoms with Gasteiger partial charge >= 0.3 is 0 Å². The molecule has 0 spiro atoms. The van der Waals surface area contributed by atoms with E-state index in [1.165, 1.54) is 12.1 Å². The van der Waals surface area contributed by atoms with Crippen LogP contribution < -0.4 is 15.4 Å². The van der Waals surface area contributed by atoms with Crippen molar-refractivity contribution < 1.29 is 18.7 Å². The molecule has 0 saturated heterocycles. The van der Waals surface area contributed by atoms with Gasteiger partial charge in [-0.2, -0.15) is 0 Å². The first kappa shape index (κ1) is 24.7. The first-order chi connectivity index (χ1) is 17.2. The molecule has 184 valence electrons. The number of amides is 2. The molecule has 1 aromatic heterocycles. The second-order valence-electron chi connectivity index (χ2n) is 8.50. The molecule has 0 radical (unpaired) electrons. The minimum atomic E-state index is -0.400. The molecule has 0 aliphatic rings. The minimum absolute atomic E-state index is 0.238. The Morgan fingerprint density at radius 3 is 2.36 bits per heavy atom. The summed E-state index contributed by atoms with van der Waals surface area (Å²) in [7, 11) is 3.14. The van der Waals surface area contributed by atoms with Crippen LogP contribution in [0.5, 0.6) is 5.75 Å². The van der Waals surface area contributed by atoms with Crippen LogP contribution in [0.2, 0.25) is 0 Å². The van der Waals surface area contributed by atoms with E-state index >= 15 is 0 Å². The summed E-state index contributed by atoms with van der Waals surface area (Å²) in [5, 5.41) is 5.36. The predicted octanol–water partition coefficient (Wildman–Crippen LogP) is 5.43. The number of rotatable bonds is 6. The number of ether oxygens (including phenoxy) is 1. The third kappa shape index (κ3) is 4.84. The summed E-state index contributed by atoms with van der Waals surface area (Å²) < 4.78 is 19.5. The van der Waals surface area contributed by atoms with Crippen LogP contribution in [0.4, 0.5) is 10.1 Å². The standard InChI is InChI=1S/C28H27FN4O3/c1-15-11-20(29)12-16(2)24(15)22-14-18(9-10-23(22)36-5)26-31-17(3)25(33-26)28(35)32-21-8-6-7-19(13-21)27(34)30-4/h6-14H,1-5H3,(H,30,34)(H,31,33)(H,32,35). The van der Waals surface area contributed by atoms with E-state index in [0.29, 0.717) is 28.5 Å². The Labute approximate surface area is 208 Å². The van der Waals surface area contributed by atoms with Crippen molar-refractivity contribution in [3.63, 3.8) is 0 Å². The van der Waals surface area contributed by atoms with Gasteiger partial charge in [0.2, 0.25) is 0 Å². The van der Waals surface area contributed by atoms with Crippen LogP contribution in [-0.2, 0) is 0 Å². The van der Waals surface area contributed by atoms with Gasteiger partial charge in [0.05, 0.1) is 7.11 Å². The summed E-state index contributed by atoms with van der Waals surface area (Å²) in [4.78, 5) is 32.6. The Balaban J connectivity index is 1.68. The first-order valence-corrected chi connectivity index (χ1v) is 11.4. The normalized spacial score (nSPS) is 10.7. The monoisotopic (exact) mass is 486 g/mol. The number of hydrogen-bond acceptors (Lipinski definition) is 4. The van der Waals surface area contributed by atoms with Gasteiger partial charge < -0.3 is 20.4 Å². The Kier molecular flexibility index (Phi) is 6.87. The van der Waals surface area contributed by atoms with Crippen LogP contribution in [0.25, 0.3) is 22.5 Å². The van der Waals surface area contributed by atoms with Crippen LogP contribution >= 0.6 is 0 Å². The molecule has 2 amide bonds. The van der Waals surface area contributed by atoms with Crippen LogP contribution in [0.1, 0.15) is 37.7 Å². The van der Waals surface area contributed by atoms with E-state index in [1.807, 2.05) is 32.0 Å². The number of carbonyl (C=O) groups excluding carboxylic acids is 2. The number of nitrogens with zero attached hydrogens (tertiary/aromatic N) is 1. The Bertz CT molecular complexity index is 1450. The Morgan fingerprint density at radius 2 is 1.69 bits per heavy atom. The van der Waals surface area contributed by atoms with Gasteiger partial charge in [0.25, 0.3) is 11.8 Å². The van der Waals surface area contributed by atoms with Gasteiger partial charge in [-0.1, -0.05) is 6.07 Å². The van der Waals surface area contributed by atoms with E-state index in [-0.39, 0.29) is 17.4 Å². The molecule has 4 rings (SSSR count). The number of imidazole rings is 1. The van der Waals surface area contributed by atoms with Crippen molar-refractivity contribution >= 4 is 17.5 Å². The van der Waals surface area contributed by atoms with Crippen LogP contribution in [0.3, 0.4) is 0 Å². The van der Waals surface area contributed by atoms with Gasteiger partial charge in [0.1, 0.15) is 23.1 Å². The topological polar surface area (TPSA) is 96.1 Å². The van der Waals surface area contributed by atoms with Crippen LogP contribution in [0, 0.1) is 26.6 Å². The number of aryl methyl sites for hydroxylation is 3. The number of benzene rings is 3. The fourth-order valence-corrected chi connectivity index (χ4v) is 4.28. The van der Waals surface area contributed by atoms with Gasteiger partial charge in [0, 0.05) is 35.1 Å². The lowest BCUT2D eigenvalue weighted by atomic mass is 9.93. The lowest BCUT2D eigenvalue weighted by Gasteiger charge is -2.15. The predicted molar refractivity (Wildman–Crippen MR) is 138 cm³/mol. The molecule has 1 heterocycles. The van der Waals surface area contributed by atoms with E-state index in [2.05, 4.69) is 20.6 Å². The van der Waals surface area contributed by atoms with E-state index < -0.39 is 5.91 Å². The highest BCUT2D eigenvalue weighted by molar-refractivity contribution is 6.05. The van der Waals surface area contributed by atoms with E-state index in [0.717, 1.165) is 27.8 Å². The average molecular weight is 487 g/mol. The van der Waals surface area contributed by atoms with Crippen molar-refractivity contribution in [2.75, 3.05) is 19.5 Å². The van der Waals surface area contributed by atoms with Gasteiger partial charge in [-0.3, -0.25) is 9.59 Å². The number of methoxy groups -OCH3 is 1. The molecule has 0 aliphatic carbocycles. The fraction of sp³-hybridized carbons (Fsp3) is 0.179. The summed E-state index contributed by atoms with van der Waals surface area (Å²) in [6, 6.07) is 15.2. The van der Waals surface area contributed by atoms with Gasteiger partial charge in [-0.15, -0.1) is 0 Å². The molecule has 8 heteroatoms. The Hall–Kier alpha value is -4.46. The third-order valence-corrected chi connectivity index (χ3v) is 5.95.